The summed E-state index contributed by atoms with van der Waals surface area (Å²) in [5.41, 5.74) is 0.176. The Morgan fingerprint density at radius 1 is 0.880 bits per heavy atom. The first-order chi connectivity index (χ1) is 10.9. The predicted molar refractivity (Wildman–Crippen MR) is 114 cm³/mol. The molecule has 0 bridgehead atoms. The van der Waals surface area contributed by atoms with Crippen molar-refractivity contribution >= 4 is 39.7 Å². The van der Waals surface area contributed by atoms with Crippen molar-refractivity contribution in [2.24, 2.45) is 0 Å². The van der Waals surface area contributed by atoms with Crippen molar-refractivity contribution < 1.29 is 22.2 Å². The molecule has 1 N–H and O–H groups in total. The van der Waals surface area contributed by atoms with Gasteiger partial charge in [0, 0.05) is 11.1 Å². The van der Waals surface area contributed by atoms with Crippen molar-refractivity contribution in [3.8, 4) is 0 Å². The molecule has 0 rings (SSSR count). The van der Waals surface area contributed by atoms with Crippen molar-refractivity contribution in [2.45, 2.75) is 84.7 Å². The van der Waals surface area contributed by atoms with Gasteiger partial charge >= 0.3 is 14.8 Å². The lowest BCUT2D eigenvalue weighted by atomic mass is 10.2. The van der Waals surface area contributed by atoms with Crippen LogP contribution in [0.5, 0.6) is 0 Å². The van der Waals surface area contributed by atoms with E-state index in [1.54, 1.807) is 13.0 Å². The number of allylic oxidation sites excluding steroid dienone is 1. The molecule has 0 aromatic rings. The minimum atomic E-state index is -3.09. The molecule has 0 aliphatic carbocycles. The molecule has 0 saturated heterocycles. The predicted octanol–water partition coefficient (Wildman–Crippen LogP) is 5.29. The Kier molecular flexibility index (Phi) is 8.75. The number of carboxylic acids is 1. The fraction of sp³-hybridized carbons (Fsp3) is 0.812. The number of aliphatic carboxylic acids is 1. The fourth-order valence-electron chi connectivity index (χ4n) is 2.41. The average molecular weight is 423 g/mol. The standard InChI is InChI=1S/C16H38O5Si4/c1-12-15(13-14(2)16(17)18)25(19-22(3,4)5,20-23(6,7)8)21-24(9,10)11/h13,15H,12H2,1-11H3,(H,17,18). The van der Waals surface area contributed by atoms with Crippen LogP contribution >= 0.6 is 0 Å². The smallest absolute Gasteiger partial charge is 0.476 e. The van der Waals surface area contributed by atoms with Crippen LogP contribution in [0.4, 0.5) is 0 Å². The second-order valence-electron chi connectivity index (χ2n) is 9.42. The first-order valence-electron chi connectivity index (χ1n) is 8.93. The molecule has 0 amide bonds. The summed E-state index contributed by atoms with van der Waals surface area (Å²) in [5, 5.41) is 9.34. The lowest BCUT2D eigenvalue weighted by Crippen LogP contribution is -2.62. The van der Waals surface area contributed by atoms with Gasteiger partial charge in [0.15, 0.2) is 25.0 Å². The van der Waals surface area contributed by atoms with E-state index in [9.17, 15) is 9.90 Å². The van der Waals surface area contributed by atoms with Gasteiger partial charge in [-0.2, -0.15) is 0 Å². The van der Waals surface area contributed by atoms with Crippen molar-refractivity contribution in [1.82, 2.24) is 0 Å². The van der Waals surface area contributed by atoms with E-state index in [0.717, 1.165) is 6.42 Å². The molecule has 148 valence electrons. The minimum Gasteiger partial charge on any atom is -0.478 e. The molecular weight excluding hydrogens is 385 g/mol. The van der Waals surface area contributed by atoms with Crippen LogP contribution in [0.1, 0.15) is 20.3 Å². The van der Waals surface area contributed by atoms with E-state index >= 15 is 0 Å². The third-order valence-corrected chi connectivity index (χ3v) is 15.3. The van der Waals surface area contributed by atoms with Gasteiger partial charge in [0.1, 0.15) is 0 Å². The zero-order chi connectivity index (χ0) is 20.3. The van der Waals surface area contributed by atoms with Gasteiger partial charge in [0.05, 0.1) is 0 Å². The maximum Gasteiger partial charge on any atom is 0.476 e. The van der Waals surface area contributed by atoms with Gasteiger partial charge in [-0.15, -0.1) is 0 Å². The van der Waals surface area contributed by atoms with Crippen LogP contribution in [0.3, 0.4) is 0 Å². The topological polar surface area (TPSA) is 65.0 Å². The molecule has 0 saturated carbocycles. The van der Waals surface area contributed by atoms with E-state index in [4.69, 9.17) is 12.3 Å². The SMILES string of the molecule is CCC(C=C(C)C(=O)O)[Si](O[Si](C)(C)C)(O[Si](C)(C)C)O[Si](C)(C)C. The Balaban J connectivity index is 6.35. The fourth-order valence-corrected chi connectivity index (χ4v) is 17.1. The molecule has 5 nitrogen and oxygen atoms in total. The van der Waals surface area contributed by atoms with E-state index in [0.29, 0.717) is 5.57 Å². The van der Waals surface area contributed by atoms with Crippen LogP contribution in [-0.2, 0) is 17.1 Å². The van der Waals surface area contributed by atoms with Gasteiger partial charge in [-0.3, -0.25) is 0 Å². The van der Waals surface area contributed by atoms with E-state index < -0.39 is 39.7 Å². The summed E-state index contributed by atoms with van der Waals surface area (Å²) >= 11 is 0. The Hall–Kier alpha value is -0.0425. The maximum atomic E-state index is 11.4. The summed E-state index contributed by atoms with van der Waals surface area (Å²) in [6.45, 7) is 22.9. The molecule has 0 aliphatic rings. The molecule has 9 heteroatoms. The molecule has 0 fully saturated rings. The number of rotatable bonds is 10. The minimum absolute atomic E-state index is 0.145. The van der Waals surface area contributed by atoms with Crippen molar-refractivity contribution in [3.05, 3.63) is 11.6 Å². The summed E-state index contributed by atoms with van der Waals surface area (Å²) < 4.78 is 20.0. The van der Waals surface area contributed by atoms with Crippen molar-refractivity contribution in [2.75, 3.05) is 0 Å². The Morgan fingerprint density at radius 3 is 1.40 bits per heavy atom. The molecule has 1 unspecified atom stereocenters. The zero-order valence-electron chi connectivity index (χ0n) is 17.9. The average Bonchev–Trinajstić information content (AvgIpc) is 2.28. The van der Waals surface area contributed by atoms with E-state index in [1.807, 2.05) is 6.92 Å². The number of carbonyl (C=O) groups is 1. The van der Waals surface area contributed by atoms with Gasteiger partial charge < -0.3 is 17.5 Å². The van der Waals surface area contributed by atoms with Crippen LogP contribution < -0.4 is 0 Å². The first kappa shape index (κ1) is 25.0. The van der Waals surface area contributed by atoms with Gasteiger partial charge in [-0.05, 0) is 72.3 Å². The molecular formula is C16H38O5Si4. The molecule has 25 heavy (non-hydrogen) atoms. The van der Waals surface area contributed by atoms with E-state index in [-0.39, 0.29) is 5.54 Å². The Morgan fingerprint density at radius 2 is 1.20 bits per heavy atom. The monoisotopic (exact) mass is 422 g/mol. The highest BCUT2D eigenvalue weighted by Crippen LogP contribution is 2.38. The van der Waals surface area contributed by atoms with Crippen LogP contribution in [-0.4, -0.2) is 44.8 Å². The molecule has 0 radical (unpaired) electrons. The van der Waals surface area contributed by atoms with Crippen LogP contribution in [0.2, 0.25) is 64.5 Å². The maximum absolute atomic E-state index is 11.4. The Bertz CT molecular complexity index is 445. The highest BCUT2D eigenvalue weighted by atomic mass is 28.5. The summed E-state index contributed by atoms with van der Waals surface area (Å²) in [7, 11) is -9.00. The van der Waals surface area contributed by atoms with Crippen LogP contribution in [0.25, 0.3) is 0 Å². The molecule has 0 aliphatic heterocycles. The van der Waals surface area contributed by atoms with Gasteiger partial charge in [-0.25, -0.2) is 4.79 Å². The zero-order valence-corrected chi connectivity index (χ0v) is 21.9. The van der Waals surface area contributed by atoms with Crippen molar-refractivity contribution in [1.29, 1.82) is 0 Å². The molecule has 0 aromatic carbocycles. The molecule has 0 aromatic heterocycles. The number of carboxylic acid groups (broad SMARTS) is 1. The normalized spacial score (nSPS) is 16.0. The summed E-state index contributed by atoms with van der Waals surface area (Å²) in [6.07, 6.45) is 2.53. The third kappa shape index (κ3) is 10.0. The summed E-state index contributed by atoms with van der Waals surface area (Å²) in [6, 6.07) is 0. The Labute approximate surface area is 158 Å². The second-order valence-corrected chi connectivity index (χ2v) is 26.5. The van der Waals surface area contributed by atoms with E-state index in [2.05, 4.69) is 58.9 Å². The quantitative estimate of drug-likeness (QED) is 0.383. The number of hydrogen-bond acceptors (Lipinski definition) is 4. The summed E-state index contributed by atoms with van der Waals surface area (Å²) in [4.78, 5) is 11.4. The molecule has 1 atom stereocenters. The van der Waals surface area contributed by atoms with E-state index in [1.165, 1.54) is 0 Å². The van der Waals surface area contributed by atoms with Crippen molar-refractivity contribution in [3.63, 3.8) is 0 Å². The second kappa shape index (κ2) is 8.76. The molecule has 0 heterocycles. The van der Waals surface area contributed by atoms with Crippen LogP contribution in [0, 0.1) is 0 Å². The number of hydrogen-bond donors (Lipinski definition) is 1. The molecule has 0 spiro atoms. The highest BCUT2D eigenvalue weighted by Gasteiger charge is 2.54. The lowest BCUT2D eigenvalue weighted by molar-refractivity contribution is -0.132. The highest BCUT2D eigenvalue weighted by molar-refractivity contribution is 6.90. The largest absolute Gasteiger partial charge is 0.478 e. The van der Waals surface area contributed by atoms with Gasteiger partial charge in [0.2, 0.25) is 0 Å². The van der Waals surface area contributed by atoms with Gasteiger partial charge in [-0.1, -0.05) is 13.0 Å². The first-order valence-corrected chi connectivity index (χ1v) is 21.0. The van der Waals surface area contributed by atoms with Gasteiger partial charge in [0.25, 0.3) is 0 Å². The van der Waals surface area contributed by atoms with Crippen LogP contribution in [0.15, 0.2) is 11.6 Å². The lowest BCUT2D eigenvalue weighted by Gasteiger charge is -2.45. The third-order valence-electron chi connectivity index (χ3n) is 3.03. The summed E-state index contributed by atoms with van der Waals surface area (Å²) in [5.74, 6) is -0.907.